The number of nitrogens with two attached hydrogens (primary N) is 1. The van der Waals surface area contributed by atoms with Crippen LogP contribution >= 0.6 is 19.8 Å². The van der Waals surface area contributed by atoms with Gasteiger partial charge in [0.25, 0.3) is 0 Å². The molecule has 206 valence electrons. The zero-order valence-electron chi connectivity index (χ0n) is 21.3. The van der Waals surface area contributed by atoms with Gasteiger partial charge in [-0.1, -0.05) is 12.0 Å². The predicted molar refractivity (Wildman–Crippen MR) is 135 cm³/mol. The number of esters is 1. The van der Waals surface area contributed by atoms with Crippen molar-refractivity contribution in [2.45, 2.75) is 70.4 Å². The van der Waals surface area contributed by atoms with Crippen molar-refractivity contribution in [1.82, 2.24) is 24.6 Å². The Balaban J connectivity index is 1.79. The lowest BCUT2D eigenvalue weighted by molar-refractivity contribution is -0.149. The second-order valence-electron chi connectivity index (χ2n) is 9.11. The van der Waals surface area contributed by atoms with E-state index >= 15 is 4.39 Å². The normalized spacial score (nSPS) is 25.0. The highest BCUT2D eigenvalue weighted by atomic mass is 35.5. The van der Waals surface area contributed by atoms with Gasteiger partial charge in [-0.3, -0.25) is 9.36 Å². The number of carbonyl (C=O) groups is 1. The second-order valence-corrected chi connectivity index (χ2v) is 10.4. The zero-order valence-corrected chi connectivity index (χ0v) is 22.9. The molecule has 0 aliphatic carbocycles. The van der Waals surface area contributed by atoms with Crippen LogP contribution in [-0.4, -0.2) is 86.7 Å². The van der Waals surface area contributed by atoms with Gasteiger partial charge in [0.2, 0.25) is 5.95 Å². The summed E-state index contributed by atoms with van der Waals surface area (Å²) in [4.78, 5) is 26.6. The number of aromatic nitrogens is 4. The minimum Gasteiger partial charge on any atom is -0.462 e. The molecule has 0 aromatic carbocycles. The van der Waals surface area contributed by atoms with E-state index in [1.54, 1.807) is 13.8 Å². The van der Waals surface area contributed by atoms with Crippen LogP contribution in [0, 0.1) is 0 Å². The standard InChI is InChI=1S/C21H33ClFN7O6P/c1-6-7-29(5)16-14-17(27-20(24)26-16)30(10-25-14)18-13(23)15(31)21(8-22,36-18)9-34-37(33)28-12(4)19(32)35-11(2)3/h10-13,15,18,31H,6-9H2,1-5H3,(H,28,33)(H2,24,26,27)/q+1/t12-,13-,15-,18+,21+/m0/s1. The largest absolute Gasteiger partial charge is 0.613 e. The van der Waals surface area contributed by atoms with E-state index in [-0.39, 0.29) is 23.6 Å². The Morgan fingerprint density at radius 2 is 2.16 bits per heavy atom. The van der Waals surface area contributed by atoms with E-state index in [9.17, 15) is 14.5 Å². The van der Waals surface area contributed by atoms with Crippen molar-refractivity contribution in [2.75, 3.05) is 36.7 Å². The lowest BCUT2D eigenvalue weighted by Crippen LogP contribution is -2.47. The molecule has 1 fully saturated rings. The number of nitrogen functional groups attached to an aromatic ring is 1. The van der Waals surface area contributed by atoms with Crippen molar-refractivity contribution in [1.29, 1.82) is 0 Å². The van der Waals surface area contributed by atoms with Gasteiger partial charge in [-0.2, -0.15) is 9.97 Å². The summed E-state index contributed by atoms with van der Waals surface area (Å²) in [6, 6.07) is -0.934. The molecule has 6 atom stereocenters. The average molecular weight is 565 g/mol. The first-order chi connectivity index (χ1) is 17.4. The number of imidazole rings is 1. The Morgan fingerprint density at radius 3 is 2.78 bits per heavy atom. The third kappa shape index (κ3) is 6.27. The Labute approximate surface area is 219 Å². The minimum absolute atomic E-state index is 0.0405. The van der Waals surface area contributed by atoms with Gasteiger partial charge in [0.05, 0.1) is 18.3 Å². The van der Waals surface area contributed by atoms with Crippen molar-refractivity contribution in [3.63, 3.8) is 0 Å². The topological polar surface area (TPSA) is 167 Å². The molecule has 3 rings (SSSR count). The Bertz CT molecular complexity index is 1130. The van der Waals surface area contributed by atoms with Gasteiger partial charge >= 0.3 is 14.1 Å². The molecule has 1 saturated heterocycles. The number of nitrogens with one attached hydrogen (secondary N) is 1. The van der Waals surface area contributed by atoms with Crippen molar-refractivity contribution in [2.24, 2.45) is 0 Å². The molecule has 2 aromatic rings. The van der Waals surface area contributed by atoms with Gasteiger partial charge in [-0.05, 0) is 31.8 Å². The molecule has 0 bridgehead atoms. The van der Waals surface area contributed by atoms with Crippen LogP contribution < -0.4 is 15.7 Å². The molecule has 37 heavy (non-hydrogen) atoms. The average Bonchev–Trinajstić information content (AvgIpc) is 3.36. The molecule has 0 spiro atoms. The van der Waals surface area contributed by atoms with Crippen molar-refractivity contribution < 1.29 is 32.9 Å². The fourth-order valence-electron chi connectivity index (χ4n) is 3.86. The number of ether oxygens (including phenoxy) is 2. The summed E-state index contributed by atoms with van der Waals surface area (Å²) in [7, 11) is -0.781. The number of carbonyl (C=O) groups excluding carboxylic acids is 1. The van der Waals surface area contributed by atoms with E-state index in [0.717, 1.165) is 6.42 Å². The predicted octanol–water partition coefficient (Wildman–Crippen LogP) is 2.06. The molecule has 1 aliphatic heterocycles. The molecule has 3 heterocycles. The van der Waals surface area contributed by atoms with Crippen molar-refractivity contribution in [3.8, 4) is 0 Å². The van der Waals surface area contributed by atoms with Gasteiger partial charge in [-0.25, -0.2) is 9.37 Å². The summed E-state index contributed by atoms with van der Waals surface area (Å²) in [5.74, 6) is -0.571. The van der Waals surface area contributed by atoms with Crippen molar-refractivity contribution in [3.05, 3.63) is 6.33 Å². The summed E-state index contributed by atoms with van der Waals surface area (Å²) < 4.78 is 45.4. The molecule has 0 amide bonds. The van der Waals surface area contributed by atoms with Crippen LogP contribution in [0.25, 0.3) is 11.2 Å². The molecule has 2 aromatic heterocycles. The first-order valence-corrected chi connectivity index (χ1v) is 13.5. The lowest BCUT2D eigenvalue weighted by atomic mass is 9.99. The maximum Gasteiger partial charge on any atom is 0.613 e. The van der Waals surface area contributed by atoms with Crippen LogP contribution in [0.2, 0.25) is 0 Å². The van der Waals surface area contributed by atoms with Gasteiger partial charge in [0.1, 0.15) is 24.4 Å². The number of halogens is 2. The zero-order chi connectivity index (χ0) is 27.5. The third-order valence-electron chi connectivity index (χ3n) is 5.74. The number of hydrogen-bond acceptors (Lipinski definition) is 11. The van der Waals surface area contributed by atoms with Gasteiger partial charge < -0.3 is 25.2 Å². The SMILES string of the molecule is CCCN(C)c1nc(N)nc2c1ncn2[C@@H]1O[C@](CCl)(CO[P+](=O)N[C@@H](C)C(=O)OC(C)C)[C@@H](O)[C@@H]1F. The minimum atomic E-state index is -2.61. The molecule has 1 aliphatic rings. The fourth-order valence-corrected chi connectivity index (χ4v) is 4.99. The smallest absolute Gasteiger partial charge is 0.462 e. The second kappa shape index (κ2) is 12.1. The van der Waals surface area contributed by atoms with Crippen LogP contribution in [0.4, 0.5) is 16.2 Å². The molecule has 1 unspecified atom stereocenters. The maximum absolute atomic E-state index is 15.4. The number of nitrogens with zero attached hydrogens (tertiary/aromatic N) is 5. The van der Waals surface area contributed by atoms with E-state index < -0.39 is 50.9 Å². The molecule has 0 radical (unpaired) electrons. The van der Waals surface area contributed by atoms with E-state index in [2.05, 4.69) is 20.0 Å². The number of alkyl halides is 2. The molecular formula is C21H33ClFN7O6P+. The van der Waals surface area contributed by atoms with E-state index in [0.29, 0.717) is 17.9 Å². The van der Waals surface area contributed by atoms with Crippen molar-refractivity contribution >= 4 is 48.7 Å². The number of aliphatic hydroxyl groups excluding tert-OH is 1. The Hall–Kier alpha value is -2.22. The lowest BCUT2D eigenvalue weighted by Gasteiger charge is -2.26. The summed E-state index contributed by atoms with van der Waals surface area (Å²) >= 11 is 6.10. The number of fused-ring (bicyclic) bond motifs is 1. The monoisotopic (exact) mass is 564 g/mol. The summed E-state index contributed by atoms with van der Waals surface area (Å²) in [6.07, 6.45) is -3.26. The van der Waals surface area contributed by atoms with Gasteiger partial charge in [0.15, 0.2) is 29.4 Å². The summed E-state index contributed by atoms with van der Waals surface area (Å²) in [5, 5.41) is 13.2. The quantitative estimate of drug-likeness (QED) is 0.195. The van der Waals surface area contributed by atoms with Crippen LogP contribution in [0.5, 0.6) is 0 Å². The molecule has 0 saturated carbocycles. The first-order valence-electron chi connectivity index (χ1n) is 11.8. The molecule has 16 heteroatoms. The molecular weight excluding hydrogens is 532 g/mol. The van der Waals surface area contributed by atoms with E-state index in [4.69, 9.17) is 31.3 Å². The van der Waals surface area contributed by atoms with Gasteiger partial charge in [0, 0.05) is 13.6 Å². The Kier molecular flexibility index (Phi) is 9.59. The molecule has 4 N–H and O–H groups in total. The summed E-state index contributed by atoms with van der Waals surface area (Å²) in [5.41, 5.74) is 4.74. The fraction of sp³-hybridized carbons (Fsp3) is 0.714. The molecule has 13 nitrogen and oxygen atoms in total. The third-order valence-corrected chi connectivity index (χ3v) is 7.15. The Morgan fingerprint density at radius 1 is 1.46 bits per heavy atom. The highest BCUT2D eigenvalue weighted by Gasteiger charge is 2.57. The summed E-state index contributed by atoms with van der Waals surface area (Å²) in [6.45, 7) is 6.97. The number of aliphatic hydroxyl groups is 1. The highest BCUT2D eigenvalue weighted by molar-refractivity contribution is 7.36. The van der Waals surface area contributed by atoms with Crippen LogP contribution in [0.1, 0.15) is 40.3 Å². The van der Waals surface area contributed by atoms with Crippen LogP contribution in [0.3, 0.4) is 0 Å². The van der Waals surface area contributed by atoms with Crippen LogP contribution in [-0.2, 0) is 23.4 Å². The number of anilines is 2. The van der Waals surface area contributed by atoms with E-state index in [1.807, 2.05) is 18.9 Å². The van der Waals surface area contributed by atoms with Crippen LogP contribution in [0.15, 0.2) is 6.33 Å². The highest BCUT2D eigenvalue weighted by Crippen LogP contribution is 2.42. The van der Waals surface area contributed by atoms with Gasteiger partial charge in [-0.15, -0.1) is 16.1 Å². The van der Waals surface area contributed by atoms with E-state index in [1.165, 1.54) is 17.8 Å². The maximum atomic E-state index is 15.4. The first kappa shape index (κ1) is 29.3. The number of rotatable bonds is 12. The number of hydrogen-bond donors (Lipinski definition) is 3.